The highest BCUT2D eigenvalue weighted by Crippen LogP contribution is 2.35. The predicted molar refractivity (Wildman–Crippen MR) is 131 cm³/mol. The van der Waals surface area contributed by atoms with Crippen LogP contribution in [-0.4, -0.2) is 24.7 Å². The molecule has 31 heavy (non-hydrogen) atoms. The van der Waals surface area contributed by atoms with Gasteiger partial charge in [-0.1, -0.05) is 72.2 Å². The normalized spacial score (nSPS) is 12.0. The van der Waals surface area contributed by atoms with Gasteiger partial charge in [0.25, 0.3) is 5.91 Å². The van der Waals surface area contributed by atoms with Crippen LogP contribution in [0.2, 0.25) is 0 Å². The molecule has 0 spiro atoms. The zero-order valence-corrected chi connectivity index (χ0v) is 20.3. The average Bonchev–Trinajstić information content (AvgIpc) is 2.72. The van der Waals surface area contributed by atoms with Crippen molar-refractivity contribution in [2.45, 2.75) is 79.2 Å². The van der Waals surface area contributed by atoms with Crippen LogP contribution in [0, 0.1) is 11.8 Å². The first-order valence-corrected chi connectivity index (χ1v) is 11.9. The van der Waals surface area contributed by atoms with E-state index in [1.165, 1.54) is 0 Å². The largest absolute Gasteiger partial charge is 0.493 e. The Morgan fingerprint density at radius 1 is 0.903 bits per heavy atom. The summed E-state index contributed by atoms with van der Waals surface area (Å²) in [5.74, 6) is 1.52. The first-order chi connectivity index (χ1) is 14.8. The third-order valence-electron chi connectivity index (χ3n) is 5.36. The van der Waals surface area contributed by atoms with Gasteiger partial charge in [0.1, 0.15) is 11.4 Å². The van der Waals surface area contributed by atoms with Gasteiger partial charge in [-0.2, -0.15) is 0 Å². The van der Waals surface area contributed by atoms with Crippen LogP contribution < -0.4 is 10.1 Å². The lowest BCUT2D eigenvalue weighted by Gasteiger charge is -2.35. The standard InChI is InChI=1S/C27H41NO3/c1-7-9-17-30-25-15-14-24(22-12-10-11-13-23(22)25)28-26(29)27(18-20(3)4,19-21(5)6)31-16-8-2/h10-15,20-21H,7-9,16-19H2,1-6H3,(H,28,29). The number of fused-ring (bicyclic) bond motifs is 1. The Bertz CT molecular complexity index is 818. The van der Waals surface area contributed by atoms with Gasteiger partial charge < -0.3 is 14.8 Å². The molecule has 4 nitrogen and oxygen atoms in total. The molecule has 1 amide bonds. The van der Waals surface area contributed by atoms with Crippen LogP contribution in [0.15, 0.2) is 36.4 Å². The number of hydrogen-bond donors (Lipinski definition) is 1. The number of unbranched alkanes of at least 4 members (excludes halogenated alkanes) is 1. The summed E-state index contributed by atoms with van der Waals surface area (Å²) in [6, 6.07) is 12.0. The third-order valence-corrected chi connectivity index (χ3v) is 5.36. The number of ether oxygens (including phenoxy) is 2. The molecule has 4 heteroatoms. The van der Waals surface area contributed by atoms with E-state index in [-0.39, 0.29) is 5.91 Å². The molecular formula is C27H41NO3. The van der Waals surface area contributed by atoms with Crippen LogP contribution in [0.3, 0.4) is 0 Å². The summed E-state index contributed by atoms with van der Waals surface area (Å²) in [6.45, 7) is 14.1. The maximum absolute atomic E-state index is 13.7. The molecule has 0 aromatic heterocycles. The summed E-state index contributed by atoms with van der Waals surface area (Å²) in [7, 11) is 0. The Morgan fingerprint density at radius 2 is 1.55 bits per heavy atom. The van der Waals surface area contributed by atoms with Crippen LogP contribution in [0.4, 0.5) is 5.69 Å². The summed E-state index contributed by atoms with van der Waals surface area (Å²) in [6.07, 6.45) is 4.41. The highest BCUT2D eigenvalue weighted by Gasteiger charge is 2.40. The SMILES string of the molecule is CCCCOc1ccc(NC(=O)C(CC(C)C)(CC(C)C)OCCC)c2ccccc12. The molecule has 0 atom stereocenters. The third kappa shape index (κ3) is 6.96. The number of carbonyl (C=O) groups excluding carboxylic acids is 1. The number of hydrogen-bond acceptors (Lipinski definition) is 3. The fraction of sp³-hybridized carbons (Fsp3) is 0.593. The van der Waals surface area contributed by atoms with E-state index in [0.717, 1.165) is 41.5 Å². The molecule has 0 aliphatic heterocycles. The van der Waals surface area contributed by atoms with E-state index in [9.17, 15) is 4.79 Å². The van der Waals surface area contributed by atoms with Crippen molar-refractivity contribution in [3.63, 3.8) is 0 Å². The molecule has 2 rings (SSSR count). The minimum Gasteiger partial charge on any atom is -0.493 e. The number of nitrogens with one attached hydrogen (secondary N) is 1. The second-order valence-electron chi connectivity index (χ2n) is 9.35. The molecule has 2 aromatic rings. The van der Waals surface area contributed by atoms with E-state index in [2.05, 4.69) is 52.9 Å². The summed E-state index contributed by atoms with van der Waals surface area (Å²) in [5.41, 5.74) is -0.0177. The maximum atomic E-state index is 13.7. The molecule has 0 aliphatic carbocycles. The monoisotopic (exact) mass is 427 g/mol. The molecule has 1 N–H and O–H groups in total. The predicted octanol–water partition coefficient (Wildman–Crippen LogP) is 7.21. The van der Waals surface area contributed by atoms with Gasteiger partial charge in [0.05, 0.1) is 6.61 Å². The first kappa shape index (κ1) is 25.2. The van der Waals surface area contributed by atoms with Crippen molar-refractivity contribution in [2.24, 2.45) is 11.8 Å². The molecule has 172 valence electrons. The Hall–Kier alpha value is -2.07. The Morgan fingerprint density at radius 3 is 2.13 bits per heavy atom. The molecule has 0 aliphatic rings. The van der Waals surface area contributed by atoms with E-state index < -0.39 is 5.60 Å². The van der Waals surface area contributed by atoms with Crippen molar-refractivity contribution < 1.29 is 14.3 Å². The summed E-state index contributed by atoms with van der Waals surface area (Å²) in [5, 5.41) is 5.23. The summed E-state index contributed by atoms with van der Waals surface area (Å²) in [4.78, 5) is 13.7. The van der Waals surface area contributed by atoms with Crippen LogP contribution in [-0.2, 0) is 9.53 Å². The quantitative estimate of drug-likeness (QED) is 0.343. The van der Waals surface area contributed by atoms with Gasteiger partial charge in [0, 0.05) is 23.1 Å². The van der Waals surface area contributed by atoms with E-state index >= 15 is 0 Å². The van der Waals surface area contributed by atoms with Crippen molar-refractivity contribution in [3.8, 4) is 5.75 Å². The zero-order chi connectivity index (χ0) is 22.9. The van der Waals surface area contributed by atoms with Crippen molar-refractivity contribution in [2.75, 3.05) is 18.5 Å². The van der Waals surface area contributed by atoms with Crippen LogP contribution in [0.5, 0.6) is 5.75 Å². The fourth-order valence-corrected chi connectivity index (χ4v) is 4.14. The molecule has 0 heterocycles. The smallest absolute Gasteiger partial charge is 0.256 e. The van der Waals surface area contributed by atoms with Gasteiger partial charge in [-0.3, -0.25) is 4.79 Å². The molecule has 0 radical (unpaired) electrons. The number of benzene rings is 2. The van der Waals surface area contributed by atoms with Gasteiger partial charge in [0.15, 0.2) is 0 Å². The van der Waals surface area contributed by atoms with E-state index in [1.807, 2.05) is 30.3 Å². The fourth-order valence-electron chi connectivity index (χ4n) is 4.14. The maximum Gasteiger partial charge on any atom is 0.256 e. The average molecular weight is 428 g/mol. The molecule has 2 aromatic carbocycles. The molecule has 0 bridgehead atoms. The molecular weight excluding hydrogens is 386 g/mol. The van der Waals surface area contributed by atoms with Gasteiger partial charge in [-0.25, -0.2) is 0 Å². The Balaban J connectivity index is 2.39. The van der Waals surface area contributed by atoms with Crippen molar-refractivity contribution >= 4 is 22.4 Å². The van der Waals surface area contributed by atoms with Gasteiger partial charge in [0.2, 0.25) is 0 Å². The lowest BCUT2D eigenvalue weighted by Crippen LogP contribution is -2.48. The lowest BCUT2D eigenvalue weighted by atomic mass is 9.83. The minimum atomic E-state index is -0.824. The molecule has 0 saturated carbocycles. The second kappa shape index (κ2) is 12.1. The number of anilines is 1. The topological polar surface area (TPSA) is 47.6 Å². The van der Waals surface area contributed by atoms with Gasteiger partial charge in [-0.15, -0.1) is 0 Å². The number of carbonyl (C=O) groups is 1. The molecule has 0 fully saturated rings. The van der Waals surface area contributed by atoms with Crippen LogP contribution in [0.1, 0.15) is 73.6 Å². The van der Waals surface area contributed by atoms with Crippen LogP contribution >= 0.6 is 0 Å². The van der Waals surface area contributed by atoms with Gasteiger partial charge >= 0.3 is 0 Å². The van der Waals surface area contributed by atoms with Crippen molar-refractivity contribution in [1.82, 2.24) is 0 Å². The lowest BCUT2D eigenvalue weighted by molar-refractivity contribution is -0.147. The van der Waals surface area contributed by atoms with E-state index in [0.29, 0.717) is 37.9 Å². The Kier molecular flexibility index (Phi) is 9.83. The number of rotatable bonds is 13. The highest BCUT2D eigenvalue weighted by atomic mass is 16.5. The second-order valence-corrected chi connectivity index (χ2v) is 9.35. The summed E-state index contributed by atoms with van der Waals surface area (Å²) >= 11 is 0. The zero-order valence-electron chi connectivity index (χ0n) is 20.3. The van der Waals surface area contributed by atoms with E-state index in [1.54, 1.807) is 0 Å². The Labute approximate surface area is 188 Å². The van der Waals surface area contributed by atoms with Crippen molar-refractivity contribution in [3.05, 3.63) is 36.4 Å². The molecule has 0 unspecified atom stereocenters. The van der Waals surface area contributed by atoms with E-state index in [4.69, 9.17) is 9.47 Å². The van der Waals surface area contributed by atoms with Gasteiger partial charge in [-0.05, 0) is 49.7 Å². The highest BCUT2D eigenvalue weighted by molar-refractivity contribution is 6.06. The summed E-state index contributed by atoms with van der Waals surface area (Å²) < 4.78 is 12.3. The first-order valence-electron chi connectivity index (χ1n) is 11.9. The van der Waals surface area contributed by atoms with Crippen LogP contribution in [0.25, 0.3) is 10.8 Å². The molecule has 0 saturated heterocycles. The van der Waals surface area contributed by atoms with Crippen molar-refractivity contribution in [1.29, 1.82) is 0 Å². The number of amides is 1. The minimum absolute atomic E-state index is 0.0480.